The van der Waals surface area contributed by atoms with Crippen LogP contribution in [0.2, 0.25) is 0 Å². The molecule has 0 aliphatic heterocycles. The van der Waals surface area contributed by atoms with Gasteiger partial charge in [-0.3, -0.25) is 4.79 Å². The summed E-state index contributed by atoms with van der Waals surface area (Å²) >= 11 is 5.51. The van der Waals surface area contributed by atoms with Gasteiger partial charge in [0.15, 0.2) is 5.78 Å². The number of Topliss-reactive ketones (excluding diaryl/α,β-unsaturated/α-hetero) is 1. The molecule has 0 bridgehead atoms. The van der Waals surface area contributed by atoms with Crippen LogP contribution in [0.5, 0.6) is 0 Å². The van der Waals surface area contributed by atoms with Gasteiger partial charge in [-0.15, -0.1) is 0 Å². The molecule has 1 unspecified atom stereocenters. The van der Waals surface area contributed by atoms with E-state index in [1.807, 2.05) is 25.2 Å². The Hall–Kier alpha value is -0.580. The number of nitrogens with one attached hydrogen (secondary N) is 1. The highest BCUT2D eigenvalue weighted by Crippen LogP contribution is 2.16. The molecule has 112 valence electrons. The highest BCUT2D eigenvalue weighted by atomic mass is 32.8. The molecule has 0 spiro atoms. The summed E-state index contributed by atoms with van der Waals surface area (Å²) in [6, 6.07) is 8.09. The molecule has 1 aromatic rings. The molecule has 0 saturated carbocycles. The van der Waals surface area contributed by atoms with Crippen molar-refractivity contribution in [2.75, 3.05) is 12.8 Å². The van der Waals surface area contributed by atoms with Crippen molar-refractivity contribution in [3.05, 3.63) is 29.8 Å². The molecule has 0 aliphatic rings. The number of carbonyl (C=O) groups is 1. The zero-order valence-electron chi connectivity index (χ0n) is 12.6. The maximum atomic E-state index is 12.4. The highest BCUT2D eigenvalue weighted by Gasteiger charge is 2.17. The quantitative estimate of drug-likeness (QED) is 0.760. The lowest BCUT2D eigenvalue weighted by molar-refractivity contribution is -0.120. The Morgan fingerprint density at radius 3 is 2.65 bits per heavy atom. The van der Waals surface area contributed by atoms with Crippen molar-refractivity contribution in [3.8, 4) is 0 Å². The van der Waals surface area contributed by atoms with Gasteiger partial charge in [-0.2, -0.15) is 0 Å². The van der Waals surface area contributed by atoms with E-state index in [1.54, 1.807) is 0 Å². The number of hydrogen-bond acceptors (Lipinski definition) is 3. The van der Waals surface area contributed by atoms with Crippen LogP contribution in [-0.2, 0) is 31.9 Å². The number of unbranched alkanes of at least 4 members (excludes halogenated alkanes) is 1. The van der Waals surface area contributed by atoms with Gasteiger partial charge >= 0.3 is 0 Å². The summed E-state index contributed by atoms with van der Waals surface area (Å²) in [7, 11) is 1.69. The van der Waals surface area contributed by atoms with Crippen LogP contribution < -0.4 is 5.32 Å². The molecule has 0 heterocycles. The number of hydrogen-bond donors (Lipinski definition) is 1. The molecule has 4 heteroatoms. The van der Waals surface area contributed by atoms with Gasteiger partial charge in [0.1, 0.15) is 0 Å². The summed E-state index contributed by atoms with van der Waals surface area (Å²) in [5.41, 5.74) is 1.11. The lowest BCUT2D eigenvalue weighted by Gasteiger charge is -2.16. The molecule has 1 aromatic carbocycles. The van der Waals surface area contributed by atoms with Gasteiger partial charge in [-0.25, -0.2) is 0 Å². The number of likely N-dealkylation sites (N-methyl/N-ethyl adjacent to an activating group) is 1. The van der Waals surface area contributed by atoms with Crippen LogP contribution in [0.15, 0.2) is 29.2 Å². The summed E-state index contributed by atoms with van der Waals surface area (Å²) in [5, 5.41) is 3.15. The predicted octanol–water partition coefficient (Wildman–Crippen LogP) is 3.04. The molecule has 0 radical (unpaired) electrons. The molecule has 0 saturated heterocycles. The van der Waals surface area contributed by atoms with Gasteiger partial charge in [0.25, 0.3) is 0 Å². The van der Waals surface area contributed by atoms with Crippen molar-refractivity contribution >= 4 is 26.4 Å². The Morgan fingerprint density at radius 1 is 1.35 bits per heavy atom. The first-order chi connectivity index (χ1) is 9.63. The first-order valence-corrected chi connectivity index (χ1v) is 9.62. The van der Waals surface area contributed by atoms with Gasteiger partial charge in [0.05, 0.1) is 6.04 Å². The van der Waals surface area contributed by atoms with Crippen molar-refractivity contribution in [3.63, 3.8) is 0 Å². The first-order valence-electron chi connectivity index (χ1n) is 7.30. The molecule has 20 heavy (non-hydrogen) atoms. The largest absolute Gasteiger partial charge is 0.311 e. The van der Waals surface area contributed by atoms with Gasteiger partial charge in [0.2, 0.25) is 0 Å². The topological polar surface area (TPSA) is 29.1 Å². The van der Waals surface area contributed by atoms with Crippen LogP contribution in [0, 0.1) is 0 Å². The molecule has 2 nitrogen and oxygen atoms in total. The van der Waals surface area contributed by atoms with Crippen LogP contribution in [0.4, 0.5) is 0 Å². The van der Waals surface area contributed by atoms with Crippen molar-refractivity contribution in [1.82, 2.24) is 5.32 Å². The van der Waals surface area contributed by atoms with Gasteiger partial charge in [-0.05, 0) is 42.0 Å². The van der Waals surface area contributed by atoms with Crippen molar-refractivity contribution < 1.29 is 4.79 Å². The number of rotatable bonds is 9. The zero-order valence-corrected chi connectivity index (χ0v) is 14.3. The van der Waals surface area contributed by atoms with Crippen molar-refractivity contribution in [2.45, 2.75) is 50.5 Å². The monoisotopic (exact) mass is 311 g/mol. The van der Waals surface area contributed by atoms with Crippen LogP contribution in [0.25, 0.3) is 0 Å². The number of benzene rings is 1. The summed E-state index contributed by atoms with van der Waals surface area (Å²) in [6.45, 7) is 4.25. The SMILES string of the molecule is CCCC[C@H](NC)C(=O)Cc1ccccc1S(=S)CC. The average molecular weight is 312 g/mol. The Balaban J connectivity index is 2.81. The zero-order chi connectivity index (χ0) is 15.0. The fourth-order valence-corrected chi connectivity index (χ4v) is 3.67. The van der Waals surface area contributed by atoms with E-state index in [1.165, 1.54) is 4.90 Å². The van der Waals surface area contributed by atoms with E-state index in [0.717, 1.165) is 30.6 Å². The summed E-state index contributed by atoms with van der Waals surface area (Å²) in [5.74, 6) is 1.22. The molecule has 0 aromatic heterocycles. The first kappa shape index (κ1) is 17.5. The smallest absolute Gasteiger partial charge is 0.154 e. The normalized spacial score (nSPS) is 13.9. The third kappa shape index (κ3) is 5.08. The Kier molecular flexibility index (Phi) is 8.19. The van der Waals surface area contributed by atoms with E-state index in [-0.39, 0.29) is 21.3 Å². The lowest BCUT2D eigenvalue weighted by atomic mass is 10.00. The predicted molar refractivity (Wildman–Crippen MR) is 91.1 cm³/mol. The number of carbonyl (C=O) groups excluding carboxylic acids is 1. The maximum Gasteiger partial charge on any atom is 0.154 e. The van der Waals surface area contributed by atoms with E-state index in [2.05, 4.69) is 25.2 Å². The second-order valence-corrected chi connectivity index (χ2v) is 7.78. The van der Waals surface area contributed by atoms with Gasteiger partial charge in [-0.1, -0.05) is 54.3 Å². The molecule has 1 N–H and O–H groups in total. The van der Waals surface area contributed by atoms with Crippen LogP contribution in [-0.4, -0.2) is 24.6 Å². The number of ketones is 1. The molecule has 0 aliphatic carbocycles. The van der Waals surface area contributed by atoms with E-state index >= 15 is 0 Å². The highest BCUT2D eigenvalue weighted by molar-refractivity contribution is 8.28. The molecule has 0 amide bonds. The van der Waals surface area contributed by atoms with Crippen molar-refractivity contribution in [2.24, 2.45) is 0 Å². The minimum absolute atomic E-state index is 0.0310. The van der Waals surface area contributed by atoms with E-state index in [0.29, 0.717) is 6.42 Å². The Morgan fingerprint density at radius 2 is 2.05 bits per heavy atom. The molecule has 0 fully saturated rings. The van der Waals surface area contributed by atoms with E-state index in [4.69, 9.17) is 11.2 Å². The maximum absolute atomic E-state index is 12.4. The Bertz CT molecular complexity index is 460. The molecule has 1 rings (SSSR count). The van der Waals surface area contributed by atoms with Crippen molar-refractivity contribution in [1.29, 1.82) is 0 Å². The molecular formula is C16H25NOS2. The van der Waals surface area contributed by atoms with E-state index in [9.17, 15) is 4.79 Å². The third-order valence-electron chi connectivity index (χ3n) is 3.43. The van der Waals surface area contributed by atoms with E-state index < -0.39 is 0 Å². The lowest BCUT2D eigenvalue weighted by Crippen LogP contribution is -2.35. The molecular weight excluding hydrogens is 286 g/mol. The second-order valence-electron chi connectivity index (χ2n) is 4.87. The van der Waals surface area contributed by atoms with Gasteiger partial charge in [0, 0.05) is 11.3 Å². The fourth-order valence-electron chi connectivity index (χ4n) is 2.21. The average Bonchev–Trinajstić information content (AvgIpc) is 2.47. The van der Waals surface area contributed by atoms with Crippen LogP contribution >= 0.6 is 0 Å². The van der Waals surface area contributed by atoms with Crippen LogP contribution in [0.3, 0.4) is 0 Å². The molecule has 2 atom stereocenters. The summed E-state index contributed by atoms with van der Waals surface area (Å²) < 4.78 is 0. The summed E-state index contributed by atoms with van der Waals surface area (Å²) in [6.07, 6.45) is 3.61. The fraction of sp³-hybridized carbons (Fsp3) is 0.562. The second kappa shape index (κ2) is 9.37. The third-order valence-corrected chi connectivity index (χ3v) is 6.09. The minimum atomic E-state index is -0.178. The Labute approximate surface area is 129 Å². The standard InChI is InChI=1S/C16H25NOS2/c1-4-6-10-14(17-3)15(18)12-13-9-7-8-11-16(13)20(19)5-2/h7-9,11,14,17H,4-6,10,12H2,1-3H3/t14-,20?/m0/s1. The van der Waals surface area contributed by atoms with Gasteiger partial charge < -0.3 is 5.32 Å². The minimum Gasteiger partial charge on any atom is -0.311 e. The van der Waals surface area contributed by atoms with Crippen LogP contribution in [0.1, 0.15) is 38.7 Å². The summed E-state index contributed by atoms with van der Waals surface area (Å²) in [4.78, 5) is 13.6.